The molecule has 0 saturated carbocycles. The lowest BCUT2D eigenvalue weighted by atomic mass is 9.79. The number of benzene rings is 1. The molecule has 2 fully saturated rings. The largest absolute Gasteiger partial charge is 0.481 e. The summed E-state index contributed by atoms with van der Waals surface area (Å²) < 4.78 is 5.70. The molecule has 2 saturated heterocycles. The number of rotatable bonds is 7. The van der Waals surface area contributed by atoms with E-state index in [1.807, 2.05) is 6.92 Å². The summed E-state index contributed by atoms with van der Waals surface area (Å²) in [6.07, 6.45) is 4.20. The molecule has 1 aromatic heterocycles. The highest BCUT2D eigenvalue weighted by Crippen LogP contribution is 2.44. The molecule has 0 spiro atoms. The number of aliphatic carboxylic acids is 1. The van der Waals surface area contributed by atoms with Crippen LogP contribution in [0.15, 0.2) is 24.3 Å². The SMILES string of the molecule is CCCCc1ccc(-c2nc(NC(=O)[C@H]3[C@@H](C(=O)O)[C@H]4CC[C@@H]3O4)sc2C)cc1. The minimum atomic E-state index is -0.962. The fourth-order valence-electron chi connectivity index (χ4n) is 4.44. The number of nitrogens with zero attached hydrogens (tertiary/aromatic N) is 1. The van der Waals surface area contributed by atoms with Crippen molar-refractivity contribution in [3.05, 3.63) is 34.7 Å². The molecule has 0 aliphatic carbocycles. The Morgan fingerprint density at radius 3 is 2.55 bits per heavy atom. The van der Waals surface area contributed by atoms with Gasteiger partial charge < -0.3 is 15.2 Å². The lowest BCUT2D eigenvalue weighted by Gasteiger charge is -2.23. The Labute approximate surface area is 174 Å². The first kappa shape index (κ1) is 20.0. The monoisotopic (exact) mass is 414 g/mol. The highest BCUT2D eigenvalue weighted by molar-refractivity contribution is 7.16. The average Bonchev–Trinajstić information content (AvgIpc) is 3.41. The van der Waals surface area contributed by atoms with E-state index in [2.05, 4.69) is 41.5 Å². The number of nitrogens with one attached hydrogen (secondary N) is 1. The zero-order valence-electron chi connectivity index (χ0n) is 16.7. The number of carboxylic acids is 1. The first-order valence-electron chi connectivity index (χ1n) is 10.2. The van der Waals surface area contributed by atoms with E-state index >= 15 is 0 Å². The Bertz CT molecular complexity index is 908. The van der Waals surface area contributed by atoms with Crippen LogP contribution in [-0.2, 0) is 20.7 Å². The van der Waals surface area contributed by atoms with Gasteiger partial charge in [-0.05, 0) is 38.2 Å². The molecular formula is C22H26N2O4S. The number of carbonyl (C=O) groups is 2. The van der Waals surface area contributed by atoms with Crippen molar-refractivity contribution in [2.24, 2.45) is 11.8 Å². The molecule has 1 aromatic carbocycles. The molecule has 2 N–H and O–H groups in total. The molecule has 4 rings (SSSR count). The summed E-state index contributed by atoms with van der Waals surface area (Å²) in [5, 5.41) is 12.9. The maximum Gasteiger partial charge on any atom is 0.310 e. The van der Waals surface area contributed by atoms with E-state index in [4.69, 9.17) is 4.74 Å². The molecule has 0 radical (unpaired) electrons. The van der Waals surface area contributed by atoms with Gasteiger partial charge in [0.25, 0.3) is 0 Å². The predicted molar refractivity (Wildman–Crippen MR) is 112 cm³/mol. The van der Waals surface area contributed by atoms with E-state index < -0.39 is 17.8 Å². The topological polar surface area (TPSA) is 88.5 Å². The van der Waals surface area contributed by atoms with Gasteiger partial charge >= 0.3 is 5.97 Å². The standard InChI is InChI=1S/C22H26N2O4S/c1-3-4-5-13-6-8-14(9-7-13)19-12(2)29-22(23-19)24-20(25)17-15-10-11-16(28-15)18(17)21(26)27/h6-9,15-18H,3-5,10-11H2,1-2H3,(H,26,27)(H,23,24,25)/t15-,16+,17+,18-/m0/s1. The number of anilines is 1. The number of carbonyl (C=O) groups excluding carboxylic acids is 1. The number of unbranched alkanes of at least 4 members (excludes halogenated alkanes) is 1. The van der Waals surface area contributed by atoms with Crippen LogP contribution in [0.4, 0.5) is 5.13 Å². The van der Waals surface area contributed by atoms with Gasteiger partial charge in [-0.3, -0.25) is 9.59 Å². The van der Waals surface area contributed by atoms with Gasteiger partial charge in [-0.25, -0.2) is 4.98 Å². The summed E-state index contributed by atoms with van der Waals surface area (Å²) in [7, 11) is 0. The molecule has 3 heterocycles. The zero-order chi connectivity index (χ0) is 20.5. The summed E-state index contributed by atoms with van der Waals surface area (Å²) in [6.45, 7) is 4.17. The summed E-state index contributed by atoms with van der Waals surface area (Å²) in [5.74, 6) is -2.70. The number of ether oxygens (including phenoxy) is 1. The molecule has 2 aliphatic heterocycles. The van der Waals surface area contributed by atoms with E-state index in [9.17, 15) is 14.7 Å². The van der Waals surface area contributed by atoms with Crippen molar-refractivity contribution in [1.29, 1.82) is 0 Å². The summed E-state index contributed by atoms with van der Waals surface area (Å²) >= 11 is 1.41. The van der Waals surface area contributed by atoms with Gasteiger partial charge in [-0.2, -0.15) is 0 Å². The zero-order valence-corrected chi connectivity index (χ0v) is 17.5. The number of carboxylic acid groups (broad SMARTS) is 1. The number of aromatic nitrogens is 1. The molecule has 1 amide bonds. The first-order chi connectivity index (χ1) is 14.0. The number of hydrogen-bond acceptors (Lipinski definition) is 5. The second-order valence-corrected chi connectivity index (χ2v) is 9.10. The normalized spacial score (nSPS) is 25.3. The lowest BCUT2D eigenvalue weighted by Crippen LogP contribution is -2.40. The Morgan fingerprint density at radius 1 is 1.21 bits per heavy atom. The molecule has 0 unspecified atom stereocenters. The molecule has 2 bridgehead atoms. The van der Waals surface area contributed by atoms with Crippen LogP contribution < -0.4 is 5.32 Å². The summed E-state index contributed by atoms with van der Waals surface area (Å²) in [6, 6.07) is 8.41. The fourth-order valence-corrected chi connectivity index (χ4v) is 5.28. The number of thiazole rings is 1. The van der Waals surface area contributed by atoms with Gasteiger partial charge in [0.15, 0.2) is 5.13 Å². The van der Waals surface area contributed by atoms with Crippen LogP contribution in [0.1, 0.15) is 43.0 Å². The van der Waals surface area contributed by atoms with Crippen LogP contribution in [0.5, 0.6) is 0 Å². The van der Waals surface area contributed by atoms with Crippen molar-refractivity contribution < 1.29 is 19.4 Å². The van der Waals surface area contributed by atoms with E-state index in [-0.39, 0.29) is 18.1 Å². The summed E-state index contributed by atoms with van der Waals surface area (Å²) in [4.78, 5) is 30.1. The predicted octanol–water partition coefficient (Wildman–Crippen LogP) is 4.28. The Hall–Kier alpha value is -2.25. The quantitative estimate of drug-likeness (QED) is 0.706. The van der Waals surface area contributed by atoms with Gasteiger partial charge in [0, 0.05) is 10.4 Å². The molecule has 2 aliphatic rings. The second kappa shape index (κ2) is 8.24. The van der Waals surface area contributed by atoms with E-state index in [1.54, 1.807) is 0 Å². The molecule has 7 heteroatoms. The van der Waals surface area contributed by atoms with Gasteiger partial charge in [0.05, 0.1) is 29.7 Å². The third kappa shape index (κ3) is 3.94. The first-order valence-corrected chi connectivity index (χ1v) is 11.1. The third-order valence-corrected chi connectivity index (χ3v) is 6.82. The number of aryl methyl sites for hydroxylation is 2. The van der Waals surface area contributed by atoms with E-state index in [1.165, 1.54) is 29.7 Å². The average molecular weight is 415 g/mol. The van der Waals surface area contributed by atoms with Gasteiger partial charge in [0.1, 0.15) is 0 Å². The van der Waals surface area contributed by atoms with Crippen molar-refractivity contribution in [3.8, 4) is 11.3 Å². The van der Waals surface area contributed by atoms with Gasteiger partial charge in [0.2, 0.25) is 5.91 Å². The smallest absolute Gasteiger partial charge is 0.310 e. The third-order valence-electron chi connectivity index (χ3n) is 5.93. The van der Waals surface area contributed by atoms with Gasteiger partial charge in [-0.15, -0.1) is 11.3 Å². The fraction of sp³-hybridized carbons (Fsp3) is 0.500. The van der Waals surface area contributed by atoms with Crippen molar-refractivity contribution in [1.82, 2.24) is 4.98 Å². The maximum atomic E-state index is 12.8. The molecule has 6 nitrogen and oxygen atoms in total. The van der Waals surface area contributed by atoms with Crippen LogP contribution in [0.2, 0.25) is 0 Å². The molecule has 29 heavy (non-hydrogen) atoms. The second-order valence-electron chi connectivity index (χ2n) is 7.89. The van der Waals surface area contributed by atoms with Crippen molar-refractivity contribution in [2.45, 2.75) is 58.2 Å². The van der Waals surface area contributed by atoms with Crippen LogP contribution in [-0.4, -0.2) is 34.2 Å². The minimum absolute atomic E-state index is 0.306. The molecule has 4 atom stereocenters. The lowest BCUT2D eigenvalue weighted by molar-refractivity contribution is -0.147. The van der Waals surface area contributed by atoms with E-state index in [0.717, 1.165) is 29.0 Å². The highest BCUT2D eigenvalue weighted by Gasteiger charge is 2.55. The number of amides is 1. The van der Waals surface area contributed by atoms with Crippen molar-refractivity contribution in [3.63, 3.8) is 0 Å². The van der Waals surface area contributed by atoms with Gasteiger partial charge in [-0.1, -0.05) is 37.6 Å². The molecule has 2 aromatic rings. The van der Waals surface area contributed by atoms with Crippen molar-refractivity contribution >= 4 is 28.3 Å². The molecule has 154 valence electrons. The van der Waals surface area contributed by atoms with Crippen LogP contribution in [0.3, 0.4) is 0 Å². The Kier molecular flexibility index (Phi) is 5.69. The van der Waals surface area contributed by atoms with E-state index in [0.29, 0.717) is 11.6 Å². The Morgan fingerprint density at radius 2 is 1.90 bits per heavy atom. The number of fused-ring (bicyclic) bond motifs is 2. The molecular weight excluding hydrogens is 388 g/mol. The highest BCUT2D eigenvalue weighted by atomic mass is 32.1. The summed E-state index contributed by atoms with van der Waals surface area (Å²) in [5.41, 5.74) is 3.19. The van der Waals surface area contributed by atoms with Crippen molar-refractivity contribution in [2.75, 3.05) is 5.32 Å². The Balaban J connectivity index is 1.48. The minimum Gasteiger partial charge on any atom is -0.481 e. The van der Waals surface area contributed by atoms with Crippen LogP contribution in [0, 0.1) is 18.8 Å². The van der Waals surface area contributed by atoms with Crippen LogP contribution in [0.25, 0.3) is 11.3 Å². The van der Waals surface area contributed by atoms with Crippen LogP contribution >= 0.6 is 11.3 Å². The maximum absolute atomic E-state index is 12.8. The number of hydrogen-bond donors (Lipinski definition) is 2.